The molecule has 1 N–H and O–H groups in total. The molecule has 1 atom stereocenters. The highest BCUT2D eigenvalue weighted by molar-refractivity contribution is 7.91. The van der Waals surface area contributed by atoms with Crippen molar-refractivity contribution in [1.82, 2.24) is 0 Å². The van der Waals surface area contributed by atoms with Crippen LogP contribution < -0.4 is 5.32 Å². The molecule has 5 heteroatoms. The van der Waals surface area contributed by atoms with Crippen molar-refractivity contribution in [2.24, 2.45) is 0 Å². The lowest BCUT2D eigenvalue weighted by atomic mass is 10.1. The van der Waals surface area contributed by atoms with E-state index < -0.39 is 9.84 Å². The molecule has 0 bridgehead atoms. The number of hydrogen-bond donors (Lipinski definition) is 1. The lowest BCUT2D eigenvalue weighted by Gasteiger charge is -2.16. The molecule has 1 unspecified atom stereocenters. The molecule has 21 heavy (non-hydrogen) atoms. The molecule has 1 aliphatic rings. The van der Waals surface area contributed by atoms with Crippen LogP contribution in [0.3, 0.4) is 0 Å². The maximum absolute atomic E-state index is 12.2. The Morgan fingerprint density at radius 1 is 1.24 bits per heavy atom. The molecule has 2 aromatic carbocycles. The second-order valence-electron chi connectivity index (χ2n) is 5.16. The minimum absolute atomic E-state index is 0.0442. The van der Waals surface area contributed by atoms with Gasteiger partial charge in [0.1, 0.15) is 0 Å². The number of nitriles is 1. The Labute approximate surface area is 124 Å². The predicted molar refractivity (Wildman–Crippen MR) is 80.8 cm³/mol. The van der Waals surface area contributed by atoms with E-state index in [1.807, 2.05) is 25.1 Å². The predicted octanol–water partition coefficient (Wildman–Crippen LogP) is 2.81. The van der Waals surface area contributed by atoms with E-state index >= 15 is 0 Å². The number of benzene rings is 2. The minimum atomic E-state index is -3.23. The number of anilines is 1. The fourth-order valence-corrected chi connectivity index (χ4v) is 4.34. The molecule has 0 saturated carbocycles. The van der Waals surface area contributed by atoms with Gasteiger partial charge >= 0.3 is 0 Å². The zero-order chi connectivity index (χ0) is 15.0. The number of nitrogens with one attached hydrogen (secondary N) is 1. The zero-order valence-electron chi connectivity index (χ0n) is 11.5. The minimum Gasteiger partial charge on any atom is -0.377 e. The number of aryl methyl sites for hydroxylation is 1. The highest BCUT2D eigenvalue weighted by Gasteiger charge is 2.34. The molecular formula is C16H14N2O2S. The monoisotopic (exact) mass is 298 g/mol. The molecule has 1 aliphatic heterocycles. The van der Waals surface area contributed by atoms with Gasteiger partial charge in [-0.1, -0.05) is 24.3 Å². The van der Waals surface area contributed by atoms with Crippen molar-refractivity contribution >= 4 is 15.5 Å². The van der Waals surface area contributed by atoms with Gasteiger partial charge in [0.2, 0.25) is 0 Å². The Balaban J connectivity index is 2.00. The molecule has 0 saturated heterocycles. The Kier molecular flexibility index (Phi) is 3.19. The molecule has 0 aliphatic carbocycles. The van der Waals surface area contributed by atoms with Crippen LogP contribution in [0.15, 0.2) is 47.4 Å². The summed E-state index contributed by atoms with van der Waals surface area (Å²) in [6.07, 6.45) is 0. The van der Waals surface area contributed by atoms with Gasteiger partial charge in [-0.25, -0.2) is 8.42 Å². The van der Waals surface area contributed by atoms with Crippen LogP contribution in [0.4, 0.5) is 5.69 Å². The van der Waals surface area contributed by atoms with Gasteiger partial charge in [-0.2, -0.15) is 5.26 Å². The summed E-state index contributed by atoms with van der Waals surface area (Å²) in [6.45, 7) is 1.93. The van der Waals surface area contributed by atoms with Crippen LogP contribution in [0.5, 0.6) is 0 Å². The van der Waals surface area contributed by atoms with Crippen molar-refractivity contribution in [3.8, 4) is 6.07 Å². The van der Waals surface area contributed by atoms with E-state index in [1.165, 1.54) is 0 Å². The third kappa shape index (κ3) is 2.39. The molecule has 0 radical (unpaired) electrons. The van der Waals surface area contributed by atoms with Crippen LogP contribution in [-0.4, -0.2) is 14.2 Å². The van der Waals surface area contributed by atoms with Gasteiger partial charge in [-0.05, 0) is 36.2 Å². The second-order valence-corrected chi connectivity index (χ2v) is 7.16. The summed E-state index contributed by atoms with van der Waals surface area (Å²) >= 11 is 0. The van der Waals surface area contributed by atoms with Crippen molar-refractivity contribution in [1.29, 1.82) is 5.26 Å². The van der Waals surface area contributed by atoms with Crippen molar-refractivity contribution in [2.75, 3.05) is 11.1 Å². The summed E-state index contributed by atoms with van der Waals surface area (Å²) in [5.41, 5.74) is 3.12. The summed E-state index contributed by atoms with van der Waals surface area (Å²) in [4.78, 5) is 0.400. The quantitative estimate of drug-likeness (QED) is 0.925. The Morgan fingerprint density at radius 2 is 2.00 bits per heavy atom. The van der Waals surface area contributed by atoms with Gasteiger partial charge in [0.15, 0.2) is 9.84 Å². The standard InChI is InChI=1S/C16H14N2O2S/c1-11-6-7-12(9-17)8-14(11)18-15-10-21(19,20)16-5-3-2-4-13(15)16/h2-8,15,18H,10H2,1H3. The number of nitrogens with zero attached hydrogens (tertiary/aromatic N) is 1. The molecular weight excluding hydrogens is 284 g/mol. The first-order chi connectivity index (χ1) is 10.0. The summed E-state index contributed by atoms with van der Waals surface area (Å²) in [5.74, 6) is 0.0442. The average molecular weight is 298 g/mol. The average Bonchev–Trinajstić information content (AvgIpc) is 2.73. The Hall–Kier alpha value is -2.32. The lowest BCUT2D eigenvalue weighted by Crippen LogP contribution is -2.13. The summed E-state index contributed by atoms with van der Waals surface area (Å²) < 4.78 is 24.3. The van der Waals surface area contributed by atoms with Gasteiger partial charge in [0.05, 0.1) is 28.3 Å². The summed E-state index contributed by atoms with van der Waals surface area (Å²) in [6, 6.07) is 14.2. The van der Waals surface area contributed by atoms with E-state index in [1.54, 1.807) is 24.3 Å². The van der Waals surface area contributed by atoms with Gasteiger partial charge in [0.25, 0.3) is 0 Å². The molecule has 106 valence electrons. The fraction of sp³-hybridized carbons (Fsp3) is 0.188. The van der Waals surface area contributed by atoms with Crippen molar-refractivity contribution in [3.63, 3.8) is 0 Å². The number of fused-ring (bicyclic) bond motifs is 1. The van der Waals surface area contributed by atoms with E-state index in [0.29, 0.717) is 10.5 Å². The molecule has 2 aromatic rings. The molecule has 0 aromatic heterocycles. The molecule has 1 heterocycles. The molecule has 4 nitrogen and oxygen atoms in total. The highest BCUT2D eigenvalue weighted by atomic mass is 32.2. The summed E-state index contributed by atoms with van der Waals surface area (Å²) in [5, 5.41) is 12.2. The first kappa shape index (κ1) is 13.7. The molecule has 3 rings (SSSR count). The highest BCUT2D eigenvalue weighted by Crippen LogP contribution is 2.35. The van der Waals surface area contributed by atoms with Crippen LogP contribution in [0.25, 0.3) is 0 Å². The van der Waals surface area contributed by atoms with Gasteiger partial charge in [-0.15, -0.1) is 0 Å². The number of sulfone groups is 1. The van der Waals surface area contributed by atoms with E-state index in [-0.39, 0.29) is 11.8 Å². The van der Waals surface area contributed by atoms with Crippen LogP contribution in [0, 0.1) is 18.3 Å². The van der Waals surface area contributed by atoms with Crippen LogP contribution in [0.2, 0.25) is 0 Å². The van der Waals surface area contributed by atoms with Crippen molar-refractivity contribution in [2.45, 2.75) is 17.9 Å². The van der Waals surface area contributed by atoms with E-state index in [9.17, 15) is 8.42 Å². The van der Waals surface area contributed by atoms with Crippen LogP contribution in [0.1, 0.15) is 22.7 Å². The van der Waals surface area contributed by atoms with E-state index in [2.05, 4.69) is 11.4 Å². The van der Waals surface area contributed by atoms with Crippen LogP contribution >= 0.6 is 0 Å². The first-order valence-electron chi connectivity index (χ1n) is 6.60. The van der Waals surface area contributed by atoms with Gasteiger partial charge < -0.3 is 5.32 Å². The van der Waals surface area contributed by atoms with Crippen molar-refractivity contribution in [3.05, 3.63) is 59.2 Å². The zero-order valence-corrected chi connectivity index (χ0v) is 12.3. The summed E-state index contributed by atoms with van der Waals surface area (Å²) in [7, 11) is -3.23. The smallest absolute Gasteiger partial charge is 0.181 e. The number of hydrogen-bond acceptors (Lipinski definition) is 4. The second kappa shape index (κ2) is 4.90. The normalized spacial score (nSPS) is 18.8. The van der Waals surface area contributed by atoms with E-state index in [4.69, 9.17) is 5.26 Å². The van der Waals surface area contributed by atoms with Crippen LogP contribution in [-0.2, 0) is 9.84 Å². The molecule has 0 fully saturated rings. The third-order valence-electron chi connectivity index (χ3n) is 3.71. The Bertz CT molecular complexity index is 851. The largest absolute Gasteiger partial charge is 0.377 e. The molecule has 0 amide bonds. The first-order valence-corrected chi connectivity index (χ1v) is 8.25. The van der Waals surface area contributed by atoms with E-state index in [0.717, 1.165) is 16.8 Å². The molecule has 0 spiro atoms. The fourth-order valence-electron chi connectivity index (χ4n) is 2.60. The van der Waals surface area contributed by atoms with Gasteiger partial charge in [0, 0.05) is 5.69 Å². The van der Waals surface area contributed by atoms with Gasteiger partial charge in [-0.3, -0.25) is 0 Å². The topological polar surface area (TPSA) is 70.0 Å². The third-order valence-corrected chi connectivity index (χ3v) is 5.53. The maximum atomic E-state index is 12.2. The number of rotatable bonds is 2. The Morgan fingerprint density at radius 3 is 2.76 bits per heavy atom. The van der Waals surface area contributed by atoms with Crippen molar-refractivity contribution < 1.29 is 8.42 Å². The maximum Gasteiger partial charge on any atom is 0.181 e. The lowest BCUT2D eigenvalue weighted by molar-refractivity contribution is 0.598. The SMILES string of the molecule is Cc1ccc(C#N)cc1NC1CS(=O)(=O)c2ccccc21.